The zero-order valence-corrected chi connectivity index (χ0v) is 14.1. The first-order valence-electron chi connectivity index (χ1n) is 7.54. The van der Waals surface area contributed by atoms with E-state index in [4.69, 9.17) is 5.26 Å². The number of non-ortho nitro benzene ring substituents is 1. The third kappa shape index (κ3) is 4.21. The van der Waals surface area contributed by atoms with Crippen molar-refractivity contribution in [2.24, 2.45) is 0 Å². The van der Waals surface area contributed by atoms with Gasteiger partial charge in [-0.3, -0.25) is 14.9 Å². The quantitative estimate of drug-likeness (QED) is 0.501. The first-order valence-corrected chi connectivity index (χ1v) is 7.54. The molecule has 0 bridgehead atoms. The first-order chi connectivity index (χ1) is 12.3. The minimum atomic E-state index is -0.775. The summed E-state index contributed by atoms with van der Waals surface area (Å²) in [4.78, 5) is 34.5. The lowest BCUT2D eigenvalue weighted by atomic mass is 10.0. The van der Waals surface area contributed by atoms with Crippen LogP contribution in [-0.4, -0.2) is 23.9 Å². The Morgan fingerprint density at radius 1 is 1.19 bits per heavy atom. The molecule has 1 amide bonds. The molecule has 2 aromatic rings. The zero-order valence-electron chi connectivity index (χ0n) is 14.1. The van der Waals surface area contributed by atoms with E-state index in [2.05, 4.69) is 10.1 Å². The molecule has 0 radical (unpaired) electrons. The van der Waals surface area contributed by atoms with Gasteiger partial charge >= 0.3 is 5.97 Å². The number of nitrogens with zero attached hydrogens (tertiary/aromatic N) is 2. The average molecular weight is 353 g/mol. The van der Waals surface area contributed by atoms with Gasteiger partial charge in [0.25, 0.3) is 11.6 Å². The van der Waals surface area contributed by atoms with Crippen LogP contribution in [-0.2, 0) is 4.74 Å². The van der Waals surface area contributed by atoms with Crippen LogP contribution in [0.5, 0.6) is 0 Å². The molecule has 1 unspecified atom stereocenters. The van der Waals surface area contributed by atoms with E-state index in [1.165, 1.54) is 6.07 Å². The van der Waals surface area contributed by atoms with Crippen molar-refractivity contribution in [1.29, 1.82) is 5.26 Å². The van der Waals surface area contributed by atoms with E-state index in [0.29, 0.717) is 5.56 Å². The maximum absolute atomic E-state index is 12.5. The summed E-state index contributed by atoms with van der Waals surface area (Å²) in [6.07, 6.45) is 0. The number of nitro groups is 1. The van der Waals surface area contributed by atoms with E-state index in [1.807, 2.05) is 6.07 Å². The molecule has 0 heterocycles. The van der Waals surface area contributed by atoms with E-state index >= 15 is 0 Å². The van der Waals surface area contributed by atoms with Crippen LogP contribution < -0.4 is 5.32 Å². The van der Waals surface area contributed by atoms with Gasteiger partial charge in [0.05, 0.1) is 35.3 Å². The topological polar surface area (TPSA) is 122 Å². The number of carbonyl (C=O) groups is 2. The molecular formula is C18H15N3O5. The van der Waals surface area contributed by atoms with Crippen LogP contribution in [0.3, 0.4) is 0 Å². The minimum absolute atomic E-state index is 0.0277. The third-order valence-electron chi connectivity index (χ3n) is 3.70. The largest absolute Gasteiger partial charge is 0.465 e. The fourth-order valence-electron chi connectivity index (χ4n) is 2.29. The lowest BCUT2D eigenvalue weighted by Gasteiger charge is -2.15. The van der Waals surface area contributed by atoms with E-state index in [9.17, 15) is 19.7 Å². The fourth-order valence-corrected chi connectivity index (χ4v) is 2.29. The highest BCUT2D eigenvalue weighted by molar-refractivity contribution is 5.99. The van der Waals surface area contributed by atoms with Crippen molar-refractivity contribution in [3.63, 3.8) is 0 Å². The summed E-state index contributed by atoms with van der Waals surface area (Å²) in [6.45, 7) is 1.73. The molecule has 1 atom stereocenters. The Labute approximate surface area is 149 Å². The fraction of sp³-hybridized carbons (Fsp3) is 0.167. The highest BCUT2D eigenvalue weighted by Crippen LogP contribution is 2.20. The molecule has 8 heteroatoms. The summed E-state index contributed by atoms with van der Waals surface area (Å²) >= 11 is 0. The maximum atomic E-state index is 12.5. The van der Waals surface area contributed by atoms with Gasteiger partial charge in [-0.05, 0) is 30.7 Å². The normalized spacial score (nSPS) is 11.1. The molecule has 26 heavy (non-hydrogen) atoms. The summed E-state index contributed by atoms with van der Waals surface area (Å²) in [7, 11) is 1.15. The van der Waals surface area contributed by atoms with Gasteiger partial charge in [0, 0.05) is 17.7 Å². The summed E-state index contributed by atoms with van der Waals surface area (Å²) in [5, 5.41) is 22.6. The standard InChI is InChI=1S/C18H15N3O5/c1-11(13-5-3-12(10-19)4-6-13)20-17(22)14-7-15(18(23)26-2)9-16(8-14)21(24)25/h3-9,11H,1-2H3,(H,20,22). The van der Waals surface area contributed by atoms with Crippen molar-refractivity contribution in [2.75, 3.05) is 7.11 Å². The van der Waals surface area contributed by atoms with E-state index in [-0.39, 0.29) is 16.8 Å². The Hall–Kier alpha value is -3.73. The van der Waals surface area contributed by atoms with Crippen LogP contribution in [0, 0.1) is 21.4 Å². The van der Waals surface area contributed by atoms with Crippen molar-refractivity contribution >= 4 is 17.6 Å². The van der Waals surface area contributed by atoms with E-state index < -0.39 is 22.8 Å². The van der Waals surface area contributed by atoms with Crippen LogP contribution in [0.25, 0.3) is 0 Å². The van der Waals surface area contributed by atoms with Crippen molar-refractivity contribution in [3.05, 3.63) is 74.8 Å². The average Bonchev–Trinajstić information content (AvgIpc) is 2.66. The molecule has 0 saturated carbocycles. The Morgan fingerprint density at radius 2 is 1.81 bits per heavy atom. The van der Waals surface area contributed by atoms with Crippen LogP contribution in [0.2, 0.25) is 0 Å². The zero-order chi connectivity index (χ0) is 19.3. The summed E-state index contributed by atoms with van der Waals surface area (Å²) in [5.74, 6) is -1.35. The van der Waals surface area contributed by atoms with Crippen LogP contribution in [0.1, 0.15) is 44.8 Å². The van der Waals surface area contributed by atoms with Crippen molar-refractivity contribution in [3.8, 4) is 6.07 Å². The van der Waals surface area contributed by atoms with Gasteiger partial charge < -0.3 is 10.1 Å². The Kier molecular flexibility index (Phi) is 5.65. The van der Waals surface area contributed by atoms with Crippen molar-refractivity contribution in [2.45, 2.75) is 13.0 Å². The Balaban J connectivity index is 2.27. The summed E-state index contributed by atoms with van der Waals surface area (Å²) < 4.78 is 4.56. The molecule has 2 aromatic carbocycles. The molecule has 8 nitrogen and oxygen atoms in total. The Morgan fingerprint density at radius 3 is 2.35 bits per heavy atom. The summed E-state index contributed by atoms with van der Waals surface area (Å²) in [6, 6.07) is 11.6. The lowest BCUT2D eigenvalue weighted by Crippen LogP contribution is -2.27. The second kappa shape index (κ2) is 7.90. The van der Waals surface area contributed by atoms with E-state index in [0.717, 1.165) is 24.8 Å². The number of nitro benzene ring substituents is 1. The van der Waals surface area contributed by atoms with Gasteiger partial charge in [0.2, 0.25) is 0 Å². The summed E-state index contributed by atoms with van der Waals surface area (Å²) in [5.41, 5.74) is 0.756. The number of nitrogens with one attached hydrogen (secondary N) is 1. The van der Waals surface area contributed by atoms with Crippen LogP contribution >= 0.6 is 0 Å². The van der Waals surface area contributed by atoms with Gasteiger partial charge in [0.1, 0.15) is 0 Å². The molecule has 0 saturated heterocycles. The Bertz CT molecular complexity index is 900. The predicted octanol–water partition coefficient (Wildman–Crippen LogP) is 2.74. The minimum Gasteiger partial charge on any atom is -0.465 e. The molecule has 1 N–H and O–H groups in total. The highest BCUT2D eigenvalue weighted by Gasteiger charge is 2.19. The first kappa shape index (κ1) is 18.6. The van der Waals surface area contributed by atoms with Crippen LogP contribution in [0.15, 0.2) is 42.5 Å². The van der Waals surface area contributed by atoms with Crippen molar-refractivity contribution < 1.29 is 19.2 Å². The van der Waals surface area contributed by atoms with Crippen molar-refractivity contribution in [1.82, 2.24) is 5.32 Å². The number of benzene rings is 2. The molecular weight excluding hydrogens is 338 g/mol. The molecule has 0 aliphatic carbocycles. The van der Waals surface area contributed by atoms with Gasteiger partial charge in [-0.2, -0.15) is 5.26 Å². The number of carbonyl (C=O) groups excluding carboxylic acids is 2. The molecule has 132 valence electrons. The molecule has 0 fully saturated rings. The number of methoxy groups -OCH3 is 1. The number of amides is 1. The number of hydrogen-bond donors (Lipinski definition) is 1. The SMILES string of the molecule is COC(=O)c1cc(C(=O)NC(C)c2ccc(C#N)cc2)cc([N+](=O)[O-])c1. The monoisotopic (exact) mass is 353 g/mol. The van der Waals surface area contributed by atoms with Gasteiger partial charge in [-0.25, -0.2) is 4.79 Å². The number of hydrogen-bond acceptors (Lipinski definition) is 6. The molecule has 0 aliphatic heterocycles. The van der Waals surface area contributed by atoms with Crippen LogP contribution in [0.4, 0.5) is 5.69 Å². The highest BCUT2D eigenvalue weighted by atomic mass is 16.6. The lowest BCUT2D eigenvalue weighted by molar-refractivity contribution is -0.384. The van der Waals surface area contributed by atoms with Gasteiger partial charge in [0.15, 0.2) is 0 Å². The number of rotatable bonds is 5. The van der Waals surface area contributed by atoms with E-state index in [1.54, 1.807) is 31.2 Å². The number of esters is 1. The number of nitriles is 1. The molecule has 0 aromatic heterocycles. The third-order valence-corrected chi connectivity index (χ3v) is 3.70. The second-order valence-corrected chi connectivity index (χ2v) is 5.45. The van der Waals surface area contributed by atoms with Gasteiger partial charge in [-0.1, -0.05) is 12.1 Å². The molecule has 0 aliphatic rings. The second-order valence-electron chi connectivity index (χ2n) is 5.45. The maximum Gasteiger partial charge on any atom is 0.338 e. The smallest absolute Gasteiger partial charge is 0.338 e. The molecule has 0 spiro atoms. The predicted molar refractivity (Wildman–Crippen MR) is 91.5 cm³/mol. The number of ether oxygens (including phenoxy) is 1. The molecule has 2 rings (SSSR count). The van der Waals surface area contributed by atoms with Gasteiger partial charge in [-0.15, -0.1) is 0 Å².